The number of aliphatic hydroxyl groups is 1. The molecule has 1 atom stereocenters. The van der Waals surface area contributed by atoms with Gasteiger partial charge in [0.15, 0.2) is 0 Å². The number of amides is 1. The lowest BCUT2D eigenvalue weighted by atomic mass is 9.77. The van der Waals surface area contributed by atoms with Crippen LogP contribution < -0.4 is 14.5 Å². The van der Waals surface area contributed by atoms with Crippen LogP contribution in [0.3, 0.4) is 0 Å². The highest BCUT2D eigenvalue weighted by atomic mass is 32.1. The van der Waals surface area contributed by atoms with Gasteiger partial charge in [-0.05, 0) is 61.0 Å². The second-order valence-corrected chi connectivity index (χ2v) is 16.4. The molecule has 1 saturated heterocycles. The van der Waals surface area contributed by atoms with E-state index in [1.807, 2.05) is 23.5 Å². The Bertz CT molecular complexity index is 1490. The molecule has 0 saturated carbocycles. The maximum absolute atomic E-state index is 13.3. The van der Waals surface area contributed by atoms with Gasteiger partial charge < -0.3 is 24.2 Å². The fourth-order valence-electron chi connectivity index (χ4n) is 7.65. The third-order valence-electron chi connectivity index (χ3n) is 10.8. The van der Waals surface area contributed by atoms with Gasteiger partial charge in [0.1, 0.15) is 12.5 Å². The van der Waals surface area contributed by atoms with Crippen LogP contribution >= 0.6 is 11.3 Å². The lowest BCUT2D eigenvalue weighted by Gasteiger charge is -2.38. The number of piperazine rings is 1. The molecule has 0 bridgehead atoms. The fraction of sp³-hybridized carbons (Fsp3) is 0.651. The molecule has 1 aromatic heterocycles. The second-order valence-electron chi connectivity index (χ2n) is 15.4. The summed E-state index contributed by atoms with van der Waals surface area (Å²) < 4.78 is 18.7. The van der Waals surface area contributed by atoms with Crippen LogP contribution in [-0.2, 0) is 19.7 Å². The Morgan fingerprint density at radius 3 is 2.21 bits per heavy atom. The van der Waals surface area contributed by atoms with Gasteiger partial charge in [-0.1, -0.05) is 104 Å². The zero-order valence-electron chi connectivity index (χ0n) is 32.3. The van der Waals surface area contributed by atoms with E-state index in [-0.39, 0.29) is 18.1 Å². The average Bonchev–Trinajstić information content (AvgIpc) is 3.63. The molecular weight excluding hydrogens is 671 g/mol. The highest BCUT2D eigenvalue weighted by Crippen LogP contribution is 2.42. The van der Waals surface area contributed by atoms with Gasteiger partial charge in [0.2, 0.25) is 5.91 Å². The maximum Gasteiger partial charge on any atom is 0.270 e. The van der Waals surface area contributed by atoms with E-state index in [1.165, 1.54) is 80.0 Å². The van der Waals surface area contributed by atoms with Crippen molar-refractivity contribution in [1.82, 2.24) is 4.90 Å². The van der Waals surface area contributed by atoms with Crippen molar-refractivity contribution < 1.29 is 24.1 Å². The van der Waals surface area contributed by atoms with Crippen molar-refractivity contribution in [2.24, 2.45) is 0 Å². The van der Waals surface area contributed by atoms with Crippen molar-refractivity contribution in [2.75, 3.05) is 62.5 Å². The molecule has 0 spiro atoms. The molecule has 1 unspecified atom stereocenters. The van der Waals surface area contributed by atoms with E-state index in [4.69, 9.17) is 14.2 Å². The minimum atomic E-state index is -1.36. The van der Waals surface area contributed by atoms with Gasteiger partial charge in [0.05, 0.1) is 18.9 Å². The molecular formula is C43H65N3O5S. The minimum Gasteiger partial charge on any atom is -0.494 e. The summed E-state index contributed by atoms with van der Waals surface area (Å²) in [6.07, 6.45) is 17.7. The number of benzene rings is 2. The van der Waals surface area contributed by atoms with Crippen molar-refractivity contribution >= 4 is 38.7 Å². The van der Waals surface area contributed by atoms with E-state index in [9.17, 15) is 9.90 Å². The molecule has 2 aliphatic rings. The maximum atomic E-state index is 13.3. The predicted octanol–water partition coefficient (Wildman–Crippen LogP) is 9.86. The number of unbranched alkanes of at least 4 members (excludes halogenated alkanes) is 12. The van der Waals surface area contributed by atoms with Crippen LogP contribution in [0, 0.1) is 0 Å². The van der Waals surface area contributed by atoms with Crippen LogP contribution in [0.15, 0.2) is 47.8 Å². The first kappa shape index (κ1) is 40.5. The molecule has 2 aromatic carbocycles. The van der Waals surface area contributed by atoms with Gasteiger partial charge in [-0.3, -0.25) is 14.6 Å². The molecule has 1 N–H and O–H groups in total. The summed E-state index contributed by atoms with van der Waals surface area (Å²) in [6, 6.07) is 14.9. The number of nitrogens with zero attached hydrogens (tertiary/aromatic N) is 3. The molecule has 3 heterocycles. The van der Waals surface area contributed by atoms with Crippen LogP contribution in [0.25, 0.3) is 10.1 Å². The van der Waals surface area contributed by atoms with Crippen LogP contribution in [0.5, 0.6) is 5.75 Å². The van der Waals surface area contributed by atoms with Crippen LogP contribution in [0.2, 0.25) is 0 Å². The van der Waals surface area contributed by atoms with E-state index in [1.54, 1.807) is 4.90 Å². The molecule has 8 nitrogen and oxygen atoms in total. The van der Waals surface area contributed by atoms with Crippen molar-refractivity contribution in [3.63, 3.8) is 0 Å². The van der Waals surface area contributed by atoms with Gasteiger partial charge in [0, 0.05) is 59.9 Å². The van der Waals surface area contributed by atoms with Gasteiger partial charge in [-0.25, -0.2) is 0 Å². The van der Waals surface area contributed by atoms with E-state index in [0.29, 0.717) is 19.6 Å². The summed E-state index contributed by atoms with van der Waals surface area (Å²) in [5, 5.41) is 13.9. The Kier molecular flexibility index (Phi) is 16.6. The SMILES string of the molecule is CCCCCCCCCCCCCCOC(O)OCN1C(=O)CC(C)(C)c2ccc(OCCCCN3CCN(c4cccc5sccc45)CC3)cc21. The Hall–Kier alpha value is -2.69. The molecule has 5 rings (SSSR count). The first-order valence-electron chi connectivity index (χ1n) is 20.3. The number of hydrogen-bond donors (Lipinski definition) is 1. The number of anilines is 2. The smallest absolute Gasteiger partial charge is 0.270 e. The standard InChI is InChI=1S/C43H65N3O5S/c1-4-5-6-7-8-9-10-11-12-13-14-16-30-50-42(48)51-34-46-39-32-35(21-22-37(39)43(2,3)33-41(46)47)49-29-17-15-24-44-25-27-45(28-26-44)38-19-18-20-40-36(38)23-31-52-40/h18-23,31-32,42,48H,4-17,24-30,33-34H2,1-3H3. The predicted molar refractivity (Wildman–Crippen MR) is 216 cm³/mol. The van der Waals surface area contributed by atoms with E-state index >= 15 is 0 Å². The number of fused-ring (bicyclic) bond motifs is 2. The quantitative estimate of drug-likeness (QED) is 0.0725. The summed E-state index contributed by atoms with van der Waals surface area (Å²) in [5.41, 5.74) is 2.92. The number of carbonyl (C=O) groups is 1. The number of ether oxygens (including phenoxy) is 3. The van der Waals surface area contributed by atoms with Gasteiger partial charge in [-0.15, -0.1) is 11.3 Å². The minimum absolute atomic E-state index is 0.0325. The van der Waals surface area contributed by atoms with Crippen LogP contribution in [-0.4, -0.2) is 75.1 Å². The molecule has 1 amide bonds. The zero-order valence-corrected chi connectivity index (χ0v) is 33.1. The molecule has 3 aromatic rings. The Morgan fingerprint density at radius 2 is 1.48 bits per heavy atom. The molecule has 0 radical (unpaired) electrons. The van der Waals surface area contributed by atoms with Crippen LogP contribution in [0.1, 0.15) is 123 Å². The summed E-state index contributed by atoms with van der Waals surface area (Å²) in [4.78, 5) is 20.0. The summed E-state index contributed by atoms with van der Waals surface area (Å²) in [5.74, 6) is 0.712. The highest BCUT2D eigenvalue weighted by molar-refractivity contribution is 7.17. The molecule has 9 heteroatoms. The lowest BCUT2D eigenvalue weighted by Crippen LogP contribution is -2.46. The van der Waals surface area contributed by atoms with Crippen molar-refractivity contribution in [2.45, 2.75) is 129 Å². The second kappa shape index (κ2) is 21.3. The fourth-order valence-corrected chi connectivity index (χ4v) is 8.46. The number of thiophene rings is 1. The summed E-state index contributed by atoms with van der Waals surface area (Å²) in [6.45, 7) is 11.4. The summed E-state index contributed by atoms with van der Waals surface area (Å²) >= 11 is 1.81. The monoisotopic (exact) mass is 735 g/mol. The van der Waals surface area contributed by atoms with E-state index in [2.05, 4.69) is 66.3 Å². The Morgan fingerprint density at radius 1 is 0.788 bits per heavy atom. The van der Waals surface area contributed by atoms with Crippen molar-refractivity contribution in [3.8, 4) is 5.75 Å². The normalized spacial score (nSPS) is 16.8. The largest absolute Gasteiger partial charge is 0.494 e. The van der Waals surface area contributed by atoms with Crippen LogP contribution in [0.4, 0.5) is 11.4 Å². The summed E-state index contributed by atoms with van der Waals surface area (Å²) in [7, 11) is 0. The topological polar surface area (TPSA) is 74.7 Å². The van der Waals surface area contributed by atoms with Crippen molar-refractivity contribution in [3.05, 3.63) is 53.4 Å². The van der Waals surface area contributed by atoms with Crippen molar-refractivity contribution in [1.29, 1.82) is 0 Å². The zero-order chi connectivity index (χ0) is 36.6. The van der Waals surface area contributed by atoms with Gasteiger partial charge >= 0.3 is 0 Å². The number of hydrogen-bond acceptors (Lipinski definition) is 8. The molecule has 0 aliphatic carbocycles. The first-order chi connectivity index (χ1) is 25.4. The highest BCUT2D eigenvalue weighted by Gasteiger charge is 2.37. The van der Waals surface area contributed by atoms with Gasteiger partial charge in [0.25, 0.3) is 6.48 Å². The lowest BCUT2D eigenvalue weighted by molar-refractivity contribution is -0.262. The average molecular weight is 736 g/mol. The number of rotatable bonds is 24. The molecule has 2 aliphatic heterocycles. The number of aliphatic hydroxyl groups excluding tert-OH is 1. The first-order valence-corrected chi connectivity index (χ1v) is 21.2. The Labute approximate surface area is 317 Å². The third-order valence-corrected chi connectivity index (χ3v) is 11.7. The number of carbonyl (C=O) groups excluding carboxylic acids is 1. The van der Waals surface area contributed by atoms with Gasteiger partial charge in [-0.2, -0.15) is 0 Å². The van der Waals surface area contributed by atoms with E-state index in [0.717, 1.165) is 75.4 Å². The molecule has 52 heavy (non-hydrogen) atoms. The third kappa shape index (κ3) is 12.2. The van der Waals surface area contributed by atoms with E-state index < -0.39 is 6.48 Å². The Balaban J connectivity index is 0.971. The molecule has 1 fully saturated rings. The molecule has 288 valence electrons.